The van der Waals surface area contributed by atoms with Crippen molar-refractivity contribution >= 4 is 11.5 Å². The van der Waals surface area contributed by atoms with Gasteiger partial charge in [-0.05, 0) is 37.0 Å². The van der Waals surface area contributed by atoms with E-state index in [2.05, 4.69) is 4.74 Å². The number of allylic oxidation sites excluding steroid dienone is 1. The van der Waals surface area contributed by atoms with Crippen LogP contribution < -0.4 is 4.74 Å². The Morgan fingerprint density at radius 1 is 1.31 bits per heavy atom. The quantitative estimate of drug-likeness (QED) is 0.716. The van der Waals surface area contributed by atoms with Crippen molar-refractivity contribution in [2.24, 2.45) is 0 Å². The summed E-state index contributed by atoms with van der Waals surface area (Å²) in [5, 5.41) is 10.1. The molecule has 1 aromatic rings. The summed E-state index contributed by atoms with van der Waals surface area (Å²) in [6.45, 7) is 6.60. The predicted molar refractivity (Wildman–Crippen MR) is 93.0 cm³/mol. The van der Waals surface area contributed by atoms with Crippen LogP contribution in [0.4, 0.5) is 13.2 Å². The van der Waals surface area contributed by atoms with Crippen molar-refractivity contribution < 1.29 is 32.5 Å². The second kappa shape index (κ2) is 8.58. The number of benzene rings is 1. The van der Waals surface area contributed by atoms with Gasteiger partial charge in [-0.15, -0.1) is 0 Å². The molecule has 7 heteroatoms. The number of carbonyl (C=O) groups is 1. The third kappa shape index (κ3) is 4.58. The third-order valence-corrected chi connectivity index (χ3v) is 4.12. The highest BCUT2D eigenvalue weighted by molar-refractivity contribution is 5.84. The average Bonchev–Trinajstić information content (AvgIpc) is 2.58. The van der Waals surface area contributed by atoms with Crippen LogP contribution >= 0.6 is 0 Å². The summed E-state index contributed by atoms with van der Waals surface area (Å²) in [5.41, 5.74) is -2.17. The largest absolute Gasteiger partial charge is 0.496 e. The Morgan fingerprint density at radius 2 is 1.92 bits per heavy atom. The van der Waals surface area contributed by atoms with Gasteiger partial charge in [-0.25, -0.2) is 4.79 Å². The standard InChI is InChI=1S/C19H25F3O4/c1-6-13(11-18(24,19(20,21)22)17(23)26-7-2)15-9-8-14(12(3)4)10-16(15)25-5/h6,8-10,12,24H,7,11H2,1-5H3/b13-6-. The first kappa shape index (κ1) is 22.0. The summed E-state index contributed by atoms with van der Waals surface area (Å²) < 4.78 is 50.1. The van der Waals surface area contributed by atoms with Crippen LogP contribution in [0.5, 0.6) is 5.75 Å². The van der Waals surface area contributed by atoms with Crippen molar-refractivity contribution in [1.29, 1.82) is 0 Å². The Labute approximate surface area is 151 Å². The molecular formula is C19H25F3O4. The van der Waals surface area contributed by atoms with Gasteiger partial charge < -0.3 is 14.6 Å². The van der Waals surface area contributed by atoms with Crippen molar-refractivity contribution in [2.45, 2.75) is 51.8 Å². The molecule has 0 saturated heterocycles. The summed E-state index contributed by atoms with van der Waals surface area (Å²) in [7, 11) is 1.41. The fourth-order valence-electron chi connectivity index (χ4n) is 2.50. The number of esters is 1. The second-order valence-corrected chi connectivity index (χ2v) is 6.18. The van der Waals surface area contributed by atoms with Gasteiger partial charge in [0.05, 0.1) is 13.7 Å². The zero-order valence-electron chi connectivity index (χ0n) is 15.6. The highest BCUT2D eigenvalue weighted by atomic mass is 19.4. The molecule has 0 saturated carbocycles. The predicted octanol–water partition coefficient (Wildman–Crippen LogP) is 4.47. The molecule has 1 N–H and O–H groups in total. The lowest BCUT2D eigenvalue weighted by Crippen LogP contribution is -2.53. The van der Waals surface area contributed by atoms with Gasteiger partial charge in [-0.2, -0.15) is 13.2 Å². The van der Waals surface area contributed by atoms with Crippen LogP contribution in [-0.4, -0.2) is 36.6 Å². The van der Waals surface area contributed by atoms with Gasteiger partial charge in [0.15, 0.2) is 0 Å². The number of halogens is 3. The molecule has 146 valence electrons. The van der Waals surface area contributed by atoms with Crippen LogP contribution in [0.25, 0.3) is 5.57 Å². The molecule has 0 aliphatic rings. The van der Waals surface area contributed by atoms with Crippen LogP contribution in [0.3, 0.4) is 0 Å². The van der Waals surface area contributed by atoms with Crippen LogP contribution in [0.15, 0.2) is 24.3 Å². The molecular weight excluding hydrogens is 349 g/mol. The lowest BCUT2D eigenvalue weighted by molar-refractivity contribution is -0.260. The van der Waals surface area contributed by atoms with Crippen molar-refractivity contribution in [1.82, 2.24) is 0 Å². The smallest absolute Gasteiger partial charge is 0.428 e. The monoisotopic (exact) mass is 374 g/mol. The summed E-state index contributed by atoms with van der Waals surface area (Å²) in [6, 6.07) is 5.15. The van der Waals surface area contributed by atoms with Crippen molar-refractivity contribution in [2.75, 3.05) is 13.7 Å². The fourth-order valence-corrected chi connectivity index (χ4v) is 2.50. The van der Waals surface area contributed by atoms with Crippen LogP contribution in [0.1, 0.15) is 51.2 Å². The molecule has 1 rings (SSSR count). The summed E-state index contributed by atoms with van der Waals surface area (Å²) >= 11 is 0. The maximum absolute atomic E-state index is 13.4. The number of alkyl halides is 3. The van der Waals surface area contributed by atoms with Gasteiger partial charge in [0.2, 0.25) is 0 Å². The molecule has 0 spiro atoms. The van der Waals surface area contributed by atoms with Crippen molar-refractivity contribution in [3.05, 3.63) is 35.4 Å². The minimum Gasteiger partial charge on any atom is -0.496 e. The molecule has 0 amide bonds. The van der Waals surface area contributed by atoms with E-state index in [9.17, 15) is 23.1 Å². The average molecular weight is 374 g/mol. The molecule has 1 unspecified atom stereocenters. The first-order valence-corrected chi connectivity index (χ1v) is 8.31. The maximum atomic E-state index is 13.4. The molecule has 1 atom stereocenters. The van der Waals surface area contributed by atoms with E-state index in [1.165, 1.54) is 27.0 Å². The van der Waals surface area contributed by atoms with Crippen molar-refractivity contribution in [3.63, 3.8) is 0 Å². The SMILES string of the molecule is C/C=C(/CC(O)(C(=O)OCC)C(F)(F)F)c1ccc(C(C)C)cc1OC. The molecule has 0 bridgehead atoms. The molecule has 0 aromatic heterocycles. The zero-order valence-corrected chi connectivity index (χ0v) is 15.6. The number of hydrogen-bond acceptors (Lipinski definition) is 4. The molecule has 0 fully saturated rings. The van der Waals surface area contributed by atoms with Gasteiger partial charge in [0.1, 0.15) is 5.75 Å². The highest BCUT2D eigenvalue weighted by Gasteiger charge is 2.61. The number of carbonyl (C=O) groups excluding carboxylic acids is 1. The molecule has 0 radical (unpaired) electrons. The number of methoxy groups -OCH3 is 1. The lowest BCUT2D eigenvalue weighted by atomic mass is 9.88. The molecule has 1 aromatic carbocycles. The van der Waals surface area contributed by atoms with Crippen LogP contribution in [0.2, 0.25) is 0 Å². The minimum absolute atomic E-state index is 0.130. The Bertz CT molecular complexity index is 665. The van der Waals surface area contributed by atoms with Gasteiger partial charge in [-0.3, -0.25) is 0 Å². The fraction of sp³-hybridized carbons (Fsp3) is 0.526. The number of hydrogen-bond donors (Lipinski definition) is 1. The number of rotatable bonds is 7. The zero-order chi connectivity index (χ0) is 20.1. The number of aliphatic hydroxyl groups is 1. The van der Waals surface area contributed by atoms with Gasteiger partial charge in [0, 0.05) is 12.0 Å². The lowest BCUT2D eigenvalue weighted by Gasteiger charge is -2.29. The molecule has 0 aliphatic heterocycles. The Morgan fingerprint density at radius 3 is 2.35 bits per heavy atom. The van der Waals surface area contributed by atoms with E-state index in [0.717, 1.165) is 5.56 Å². The molecule has 0 heterocycles. The third-order valence-electron chi connectivity index (χ3n) is 4.12. The van der Waals surface area contributed by atoms with E-state index >= 15 is 0 Å². The summed E-state index contributed by atoms with van der Waals surface area (Å²) in [4.78, 5) is 11.8. The first-order chi connectivity index (χ1) is 12.0. The van der Waals surface area contributed by atoms with E-state index < -0.39 is 24.2 Å². The van der Waals surface area contributed by atoms with Crippen molar-refractivity contribution in [3.8, 4) is 5.75 Å². The van der Waals surface area contributed by atoms with Gasteiger partial charge in [0.25, 0.3) is 5.60 Å². The van der Waals surface area contributed by atoms with E-state index in [4.69, 9.17) is 4.74 Å². The summed E-state index contributed by atoms with van der Waals surface area (Å²) in [6.07, 6.45) is -4.73. The molecule has 4 nitrogen and oxygen atoms in total. The molecule has 0 aliphatic carbocycles. The van der Waals surface area contributed by atoms with E-state index in [1.54, 1.807) is 18.2 Å². The van der Waals surface area contributed by atoms with E-state index in [-0.39, 0.29) is 18.1 Å². The topological polar surface area (TPSA) is 55.8 Å². The highest BCUT2D eigenvalue weighted by Crippen LogP contribution is 2.41. The van der Waals surface area contributed by atoms with E-state index in [0.29, 0.717) is 11.3 Å². The minimum atomic E-state index is -5.18. The second-order valence-electron chi connectivity index (χ2n) is 6.18. The van der Waals surface area contributed by atoms with Crippen LogP contribution in [-0.2, 0) is 9.53 Å². The molecule has 26 heavy (non-hydrogen) atoms. The maximum Gasteiger partial charge on any atom is 0.428 e. The first-order valence-electron chi connectivity index (χ1n) is 8.31. The Kier molecular flexibility index (Phi) is 7.26. The van der Waals surface area contributed by atoms with E-state index in [1.807, 2.05) is 13.8 Å². The van der Waals surface area contributed by atoms with Gasteiger partial charge >= 0.3 is 12.1 Å². The Hall–Kier alpha value is -2.02. The Balaban J connectivity index is 3.37. The normalized spacial score (nSPS) is 14.9. The van der Waals surface area contributed by atoms with Gasteiger partial charge in [-0.1, -0.05) is 32.1 Å². The number of ether oxygens (including phenoxy) is 2. The van der Waals surface area contributed by atoms with Crippen LogP contribution in [0, 0.1) is 0 Å². The summed E-state index contributed by atoms with van der Waals surface area (Å²) in [5.74, 6) is -1.14.